The molecule has 4 aromatic heterocycles. The van der Waals surface area contributed by atoms with Crippen LogP contribution in [0, 0.1) is 0 Å². The molecule has 0 aromatic carbocycles. The summed E-state index contributed by atoms with van der Waals surface area (Å²) in [5.41, 5.74) is 2.68. The lowest BCUT2D eigenvalue weighted by Crippen LogP contribution is -2.17. The number of anilines is 1. The number of aromatic nitrogens is 4. The molecular weight excluding hydrogens is 450 g/mol. The highest BCUT2D eigenvalue weighted by molar-refractivity contribution is 7.14. The average molecular weight is 476 g/mol. The number of amides is 1. The van der Waals surface area contributed by atoms with E-state index in [9.17, 15) is 4.79 Å². The number of carbonyl (C=O) groups excluding carboxylic acids is 1. The van der Waals surface area contributed by atoms with Crippen LogP contribution in [0.3, 0.4) is 0 Å². The fourth-order valence-electron chi connectivity index (χ4n) is 4.18. The third-order valence-corrected chi connectivity index (χ3v) is 6.72. The normalized spacial score (nSPS) is 17.4. The predicted octanol–water partition coefficient (Wildman–Crippen LogP) is 4.76. The van der Waals surface area contributed by atoms with Gasteiger partial charge in [-0.2, -0.15) is 0 Å². The minimum absolute atomic E-state index is 0.0992. The minimum Gasteiger partial charge on any atom is -0.495 e. The molecule has 34 heavy (non-hydrogen) atoms. The van der Waals surface area contributed by atoms with E-state index in [1.54, 1.807) is 25.7 Å². The molecule has 0 spiro atoms. The number of ether oxygens (including phenoxy) is 2. The molecule has 0 saturated heterocycles. The lowest BCUT2D eigenvalue weighted by Gasteiger charge is -2.13. The SMILES string of the molecule is COc1ccc(O[C@H]2CC[C@H](c3csc(NC(=O)c4cccn4Cc4ccncc4)n3)C2)nc1. The number of carbonyl (C=O) groups is 1. The van der Waals surface area contributed by atoms with Crippen molar-refractivity contribution < 1.29 is 14.3 Å². The second-order valence-corrected chi connectivity index (χ2v) is 9.05. The van der Waals surface area contributed by atoms with Crippen LogP contribution in [0.15, 0.2) is 66.6 Å². The summed E-state index contributed by atoms with van der Waals surface area (Å²) in [5, 5.41) is 5.60. The zero-order valence-corrected chi connectivity index (χ0v) is 19.6. The molecule has 1 fully saturated rings. The molecule has 1 N–H and O–H groups in total. The summed E-state index contributed by atoms with van der Waals surface area (Å²) in [6.07, 6.45) is 9.97. The summed E-state index contributed by atoms with van der Waals surface area (Å²) in [4.78, 5) is 25.9. The Morgan fingerprint density at radius 2 is 2.09 bits per heavy atom. The third-order valence-electron chi connectivity index (χ3n) is 5.94. The Balaban J connectivity index is 1.18. The Hall–Kier alpha value is -3.72. The van der Waals surface area contributed by atoms with Gasteiger partial charge in [-0.05, 0) is 55.2 Å². The van der Waals surface area contributed by atoms with Crippen molar-refractivity contribution >= 4 is 22.4 Å². The van der Waals surface area contributed by atoms with Crippen molar-refractivity contribution in [3.05, 3.63) is 83.5 Å². The second-order valence-electron chi connectivity index (χ2n) is 8.19. The fourth-order valence-corrected chi connectivity index (χ4v) is 4.97. The molecule has 4 aromatic rings. The van der Waals surface area contributed by atoms with E-state index < -0.39 is 0 Å². The molecule has 0 aliphatic heterocycles. The monoisotopic (exact) mass is 475 g/mol. The first-order valence-electron chi connectivity index (χ1n) is 11.2. The highest BCUT2D eigenvalue weighted by Gasteiger charge is 2.29. The zero-order valence-electron chi connectivity index (χ0n) is 18.8. The molecule has 0 unspecified atom stereocenters. The quantitative estimate of drug-likeness (QED) is 0.395. The van der Waals surface area contributed by atoms with Crippen molar-refractivity contribution in [3.63, 3.8) is 0 Å². The smallest absolute Gasteiger partial charge is 0.274 e. The molecule has 0 radical (unpaired) electrons. The van der Waals surface area contributed by atoms with E-state index in [1.807, 2.05) is 52.5 Å². The number of thiazole rings is 1. The zero-order chi connectivity index (χ0) is 23.3. The Kier molecular flexibility index (Phi) is 6.53. The van der Waals surface area contributed by atoms with Crippen molar-refractivity contribution in [2.24, 2.45) is 0 Å². The molecule has 174 valence electrons. The van der Waals surface area contributed by atoms with Crippen molar-refractivity contribution in [3.8, 4) is 11.6 Å². The highest BCUT2D eigenvalue weighted by Crippen LogP contribution is 2.37. The van der Waals surface area contributed by atoms with Crippen LogP contribution in [0.4, 0.5) is 5.13 Å². The van der Waals surface area contributed by atoms with E-state index in [-0.39, 0.29) is 12.0 Å². The predicted molar refractivity (Wildman–Crippen MR) is 130 cm³/mol. The maximum Gasteiger partial charge on any atom is 0.274 e. The lowest BCUT2D eigenvalue weighted by molar-refractivity contribution is 0.101. The molecule has 8 nitrogen and oxygen atoms in total. The average Bonchev–Trinajstić information content (AvgIpc) is 3.62. The molecular formula is C25H25N5O3S. The van der Waals surface area contributed by atoms with Gasteiger partial charge in [0.15, 0.2) is 5.13 Å². The molecule has 1 aliphatic carbocycles. The first kappa shape index (κ1) is 22.1. The number of nitrogens with one attached hydrogen (secondary N) is 1. The van der Waals surface area contributed by atoms with E-state index >= 15 is 0 Å². The van der Waals surface area contributed by atoms with Gasteiger partial charge in [0.25, 0.3) is 5.91 Å². The molecule has 1 amide bonds. The number of pyridine rings is 2. The third kappa shape index (κ3) is 5.09. The van der Waals surface area contributed by atoms with E-state index in [0.29, 0.717) is 34.9 Å². The van der Waals surface area contributed by atoms with Gasteiger partial charge in [0.2, 0.25) is 5.88 Å². The van der Waals surface area contributed by atoms with Gasteiger partial charge in [0, 0.05) is 42.5 Å². The second kappa shape index (κ2) is 10.0. The van der Waals surface area contributed by atoms with Crippen LogP contribution >= 0.6 is 11.3 Å². The molecule has 4 heterocycles. The number of methoxy groups -OCH3 is 1. The lowest BCUT2D eigenvalue weighted by atomic mass is 10.1. The van der Waals surface area contributed by atoms with Crippen LogP contribution in [0.5, 0.6) is 11.6 Å². The highest BCUT2D eigenvalue weighted by atomic mass is 32.1. The van der Waals surface area contributed by atoms with Crippen LogP contribution in [0.1, 0.15) is 46.9 Å². The summed E-state index contributed by atoms with van der Waals surface area (Å²) in [7, 11) is 1.61. The molecule has 2 atom stereocenters. The van der Waals surface area contributed by atoms with E-state index in [2.05, 4.69) is 15.3 Å². The van der Waals surface area contributed by atoms with Crippen molar-refractivity contribution in [2.45, 2.75) is 37.8 Å². The van der Waals surface area contributed by atoms with Gasteiger partial charge in [0.1, 0.15) is 17.5 Å². The van der Waals surface area contributed by atoms with Crippen LogP contribution in [0.25, 0.3) is 0 Å². The Labute approximate surface area is 201 Å². The first-order valence-corrected chi connectivity index (χ1v) is 12.0. The van der Waals surface area contributed by atoms with Gasteiger partial charge >= 0.3 is 0 Å². The summed E-state index contributed by atoms with van der Waals surface area (Å²) in [6.45, 7) is 0.605. The topological polar surface area (TPSA) is 91.2 Å². The van der Waals surface area contributed by atoms with Crippen molar-refractivity contribution in [1.82, 2.24) is 19.5 Å². The minimum atomic E-state index is -0.168. The summed E-state index contributed by atoms with van der Waals surface area (Å²) in [5.74, 6) is 1.45. The van der Waals surface area contributed by atoms with Crippen LogP contribution in [-0.2, 0) is 6.54 Å². The van der Waals surface area contributed by atoms with Crippen molar-refractivity contribution in [1.29, 1.82) is 0 Å². The standard InChI is InChI=1S/C25H25N5O3S/c1-32-20-6-7-23(27-14-20)33-19-5-4-18(13-19)21-16-34-25(28-21)29-24(31)22-3-2-12-30(22)15-17-8-10-26-11-9-17/h2-3,6-12,14,16,18-19H,4-5,13,15H2,1H3,(H,28,29,31)/t18-,19-/m0/s1. The number of nitrogens with zero attached hydrogens (tertiary/aromatic N) is 4. The number of hydrogen-bond acceptors (Lipinski definition) is 7. The summed E-state index contributed by atoms with van der Waals surface area (Å²) in [6, 6.07) is 11.2. The van der Waals surface area contributed by atoms with E-state index in [0.717, 1.165) is 30.5 Å². The van der Waals surface area contributed by atoms with Gasteiger partial charge in [-0.3, -0.25) is 15.1 Å². The molecule has 1 aliphatic rings. The van der Waals surface area contributed by atoms with Crippen LogP contribution < -0.4 is 14.8 Å². The maximum atomic E-state index is 12.9. The summed E-state index contributed by atoms with van der Waals surface area (Å²) >= 11 is 1.45. The van der Waals surface area contributed by atoms with E-state index in [4.69, 9.17) is 14.5 Å². The van der Waals surface area contributed by atoms with Crippen LogP contribution in [-0.4, -0.2) is 38.6 Å². The number of hydrogen-bond donors (Lipinski definition) is 1. The molecule has 1 saturated carbocycles. The largest absolute Gasteiger partial charge is 0.495 e. The number of rotatable bonds is 8. The van der Waals surface area contributed by atoms with Gasteiger partial charge in [0.05, 0.1) is 19.0 Å². The first-order chi connectivity index (χ1) is 16.7. The fraction of sp³-hybridized carbons (Fsp3) is 0.280. The van der Waals surface area contributed by atoms with Gasteiger partial charge < -0.3 is 14.0 Å². The molecule has 5 rings (SSSR count). The summed E-state index contributed by atoms with van der Waals surface area (Å²) < 4.78 is 13.1. The van der Waals surface area contributed by atoms with Gasteiger partial charge in [-0.15, -0.1) is 11.3 Å². The van der Waals surface area contributed by atoms with Crippen molar-refractivity contribution in [2.75, 3.05) is 12.4 Å². The Morgan fingerprint density at radius 3 is 2.88 bits per heavy atom. The van der Waals surface area contributed by atoms with Gasteiger partial charge in [-0.25, -0.2) is 9.97 Å². The van der Waals surface area contributed by atoms with Gasteiger partial charge in [-0.1, -0.05) is 0 Å². The maximum absolute atomic E-state index is 12.9. The van der Waals surface area contributed by atoms with Crippen LogP contribution in [0.2, 0.25) is 0 Å². The van der Waals surface area contributed by atoms with E-state index in [1.165, 1.54) is 11.3 Å². The Bertz CT molecular complexity index is 1240. The molecule has 9 heteroatoms. The molecule has 0 bridgehead atoms. The Morgan fingerprint density at radius 1 is 1.21 bits per heavy atom.